The zero-order valence-corrected chi connectivity index (χ0v) is 13.1. The molecule has 2 heterocycles. The van der Waals surface area contributed by atoms with E-state index in [0.717, 1.165) is 24.6 Å². The predicted molar refractivity (Wildman–Crippen MR) is 85.0 cm³/mol. The van der Waals surface area contributed by atoms with Gasteiger partial charge in [-0.05, 0) is 50.5 Å². The topological polar surface area (TPSA) is 36.1 Å². The zero-order chi connectivity index (χ0) is 16.8. The molecule has 0 spiro atoms. The number of nitrogens with one attached hydrogen (secondary N) is 1. The molecule has 1 saturated heterocycles. The average molecular weight is 324 g/mol. The summed E-state index contributed by atoms with van der Waals surface area (Å²) in [6.07, 6.45) is -3.30. The number of hydrogen-bond donors (Lipinski definition) is 1. The normalized spacial score (nSPS) is 22.0. The molecule has 0 amide bonds. The summed E-state index contributed by atoms with van der Waals surface area (Å²) in [7, 11) is 0. The molecule has 2 atom stereocenters. The van der Waals surface area contributed by atoms with Gasteiger partial charge in [0, 0.05) is 34.7 Å². The van der Waals surface area contributed by atoms with Crippen LogP contribution in [0.3, 0.4) is 0 Å². The molecule has 1 fully saturated rings. The van der Waals surface area contributed by atoms with E-state index in [4.69, 9.17) is 0 Å². The second-order valence-electron chi connectivity index (χ2n) is 6.36. The molecular formula is C17H19F3N2O. The van der Waals surface area contributed by atoms with E-state index in [2.05, 4.69) is 23.7 Å². The highest BCUT2D eigenvalue weighted by molar-refractivity contribution is 5.86. The molecule has 0 unspecified atom stereocenters. The Hall–Kier alpha value is -1.98. The first-order valence-corrected chi connectivity index (χ1v) is 7.75. The van der Waals surface area contributed by atoms with Crippen molar-refractivity contribution in [2.45, 2.75) is 51.4 Å². The lowest BCUT2D eigenvalue weighted by Gasteiger charge is -2.29. The second kappa shape index (κ2) is 5.58. The minimum absolute atomic E-state index is 0.0256. The molecule has 0 radical (unpaired) electrons. The smallest absolute Gasteiger partial charge is 0.366 e. The van der Waals surface area contributed by atoms with E-state index in [1.165, 1.54) is 0 Å². The molecular weight excluding hydrogens is 305 g/mol. The van der Waals surface area contributed by atoms with Crippen LogP contribution in [0.1, 0.15) is 32.3 Å². The summed E-state index contributed by atoms with van der Waals surface area (Å²) < 4.78 is 38.4. The van der Waals surface area contributed by atoms with Gasteiger partial charge in [-0.2, -0.15) is 13.2 Å². The Morgan fingerprint density at radius 2 is 1.83 bits per heavy atom. The molecule has 3 nitrogen and oxygen atoms in total. The maximum absolute atomic E-state index is 12.8. The van der Waals surface area contributed by atoms with Crippen LogP contribution in [0.25, 0.3) is 10.9 Å². The van der Waals surface area contributed by atoms with Crippen molar-refractivity contribution >= 4 is 16.6 Å². The van der Waals surface area contributed by atoms with Gasteiger partial charge in [-0.1, -0.05) is 0 Å². The predicted octanol–water partition coefficient (Wildman–Crippen LogP) is 4.01. The second-order valence-corrected chi connectivity index (χ2v) is 6.36. The molecule has 1 N–H and O–H groups in total. The highest BCUT2D eigenvalue weighted by atomic mass is 19.4. The highest BCUT2D eigenvalue weighted by Gasteiger charge is 2.30. The maximum atomic E-state index is 12.8. The maximum Gasteiger partial charge on any atom is 0.393 e. The molecule has 23 heavy (non-hydrogen) atoms. The lowest BCUT2D eigenvalue weighted by atomic mass is 10.0. The van der Waals surface area contributed by atoms with Gasteiger partial charge in [0.25, 0.3) is 0 Å². The number of aromatic nitrogens is 1. The Kier molecular flexibility index (Phi) is 3.86. The molecule has 0 aliphatic carbocycles. The average Bonchev–Trinajstić information content (AvgIpc) is 2.76. The summed E-state index contributed by atoms with van der Waals surface area (Å²) in [6.45, 7) is 4.24. The van der Waals surface area contributed by atoms with Crippen LogP contribution in [-0.2, 0) is 6.42 Å². The molecule has 6 heteroatoms. The van der Waals surface area contributed by atoms with Crippen molar-refractivity contribution in [2.75, 3.05) is 4.90 Å². The number of rotatable bonds is 2. The van der Waals surface area contributed by atoms with Gasteiger partial charge in [0.15, 0.2) is 0 Å². The Balaban J connectivity index is 2.12. The number of anilines is 1. The molecule has 1 aromatic carbocycles. The van der Waals surface area contributed by atoms with Crippen molar-refractivity contribution in [3.8, 4) is 0 Å². The van der Waals surface area contributed by atoms with Gasteiger partial charge in [0.05, 0.1) is 6.42 Å². The number of alkyl halides is 3. The van der Waals surface area contributed by atoms with Crippen LogP contribution >= 0.6 is 0 Å². The quantitative estimate of drug-likeness (QED) is 0.906. The Bertz CT molecular complexity index is 771. The van der Waals surface area contributed by atoms with E-state index < -0.39 is 18.2 Å². The first kappa shape index (κ1) is 15.9. The fraction of sp³-hybridized carbons (Fsp3) is 0.471. The first-order chi connectivity index (χ1) is 10.7. The van der Waals surface area contributed by atoms with Crippen LogP contribution in [0.15, 0.2) is 29.1 Å². The molecule has 2 aromatic rings. The number of nitrogens with zero attached hydrogens (tertiary/aromatic N) is 1. The lowest BCUT2D eigenvalue weighted by Crippen LogP contribution is -2.32. The van der Waals surface area contributed by atoms with E-state index in [1.807, 2.05) is 6.07 Å². The van der Waals surface area contributed by atoms with E-state index in [0.29, 0.717) is 23.0 Å². The number of halogens is 3. The summed E-state index contributed by atoms with van der Waals surface area (Å²) in [5.41, 5.74) is 0.871. The first-order valence-electron chi connectivity index (χ1n) is 7.75. The van der Waals surface area contributed by atoms with Crippen LogP contribution < -0.4 is 10.5 Å². The minimum Gasteiger partial charge on any atom is -0.366 e. The SMILES string of the molecule is C[C@@H]1CC[C@H](C)N1c1ccc2[nH]c(=O)cc(CC(F)(F)F)c2c1. The zero-order valence-electron chi connectivity index (χ0n) is 13.1. The molecule has 1 aliphatic rings. The van der Waals surface area contributed by atoms with Crippen LogP contribution in [0.5, 0.6) is 0 Å². The molecule has 124 valence electrons. The fourth-order valence-electron chi connectivity index (χ4n) is 3.54. The van der Waals surface area contributed by atoms with Crippen molar-refractivity contribution in [2.24, 2.45) is 0 Å². The van der Waals surface area contributed by atoms with E-state index in [1.54, 1.807) is 12.1 Å². The fourth-order valence-corrected chi connectivity index (χ4v) is 3.54. The van der Waals surface area contributed by atoms with E-state index in [9.17, 15) is 18.0 Å². The number of aromatic amines is 1. The van der Waals surface area contributed by atoms with Gasteiger partial charge >= 0.3 is 6.18 Å². The van der Waals surface area contributed by atoms with Gasteiger partial charge in [0.1, 0.15) is 0 Å². The summed E-state index contributed by atoms with van der Waals surface area (Å²) in [6, 6.07) is 7.10. The molecule has 3 rings (SSSR count). The lowest BCUT2D eigenvalue weighted by molar-refractivity contribution is -0.127. The van der Waals surface area contributed by atoms with Crippen molar-refractivity contribution in [1.29, 1.82) is 0 Å². The van der Waals surface area contributed by atoms with Gasteiger partial charge in [0.2, 0.25) is 5.56 Å². The van der Waals surface area contributed by atoms with Gasteiger partial charge < -0.3 is 9.88 Å². The van der Waals surface area contributed by atoms with Crippen LogP contribution in [0, 0.1) is 0 Å². The Labute approximate surface area is 132 Å². The Morgan fingerprint density at radius 3 is 2.43 bits per heavy atom. The molecule has 1 aromatic heterocycles. The summed E-state index contributed by atoms with van der Waals surface area (Å²) >= 11 is 0. The van der Waals surface area contributed by atoms with Crippen LogP contribution in [-0.4, -0.2) is 23.2 Å². The summed E-state index contributed by atoms with van der Waals surface area (Å²) in [5, 5.41) is 0.464. The third kappa shape index (κ3) is 3.21. The molecule has 0 saturated carbocycles. The number of hydrogen-bond acceptors (Lipinski definition) is 2. The third-order valence-corrected chi connectivity index (χ3v) is 4.55. The standard InChI is InChI=1S/C17H19F3N2O/c1-10-3-4-11(2)22(10)13-5-6-15-14(8-13)12(7-16(23)21-15)9-17(18,19)20/h5-8,10-11H,3-4,9H2,1-2H3,(H,21,23)/t10-,11+. The van der Waals surface area contributed by atoms with Gasteiger partial charge in [-0.15, -0.1) is 0 Å². The number of pyridine rings is 1. The molecule has 0 bridgehead atoms. The summed E-state index contributed by atoms with van der Waals surface area (Å²) in [5.74, 6) is 0. The number of benzene rings is 1. The van der Waals surface area contributed by atoms with Crippen LogP contribution in [0.2, 0.25) is 0 Å². The van der Waals surface area contributed by atoms with E-state index in [-0.39, 0.29) is 5.56 Å². The number of H-pyrrole nitrogens is 1. The van der Waals surface area contributed by atoms with Crippen LogP contribution in [0.4, 0.5) is 18.9 Å². The largest absolute Gasteiger partial charge is 0.393 e. The van der Waals surface area contributed by atoms with Crippen molar-refractivity contribution in [3.63, 3.8) is 0 Å². The van der Waals surface area contributed by atoms with Gasteiger partial charge in [-0.25, -0.2) is 0 Å². The minimum atomic E-state index is -4.34. The molecule has 1 aliphatic heterocycles. The monoisotopic (exact) mass is 324 g/mol. The van der Waals surface area contributed by atoms with Crippen molar-refractivity contribution in [1.82, 2.24) is 4.98 Å². The highest BCUT2D eigenvalue weighted by Crippen LogP contribution is 2.33. The third-order valence-electron chi connectivity index (χ3n) is 4.55. The van der Waals surface area contributed by atoms with Crippen molar-refractivity contribution < 1.29 is 13.2 Å². The number of fused-ring (bicyclic) bond motifs is 1. The summed E-state index contributed by atoms with van der Waals surface area (Å²) in [4.78, 5) is 16.5. The Morgan fingerprint density at radius 1 is 1.17 bits per heavy atom. The van der Waals surface area contributed by atoms with Crippen molar-refractivity contribution in [3.05, 3.63) is 40.2 Å². The van der Waals surface area contributed by atoms with E-state index >= 15 is 0 Å². The van der Waals surface area contributed by atoms with Gasteiger partial charge in [-0.3, -0.25) is 4.79 Å².